The van der Waals surface area contributed by atoms with Gasteiger partial charge in [-0.3, -0.25) is 9.48 Å². The van der Waals surface area contributed by atoms with Crippen molar-refractivity contribution < 1.29 is 4.79 Å². The van der Waals surface area contributed by atoms with E-state index in [9.17, 15) is 4.79 Å². The highest BCUT2D eigenvalue weighted by molar-refractivity contribution is 6.04. The fraction of sp³-hybridized carbons (Fsp3) is 0.500. The number of nitrogens with one attached hydrogen (secondary N) is 2. The van der Waals surface area contributed by atoms with Gasteiger partial charge in [0.2, 0.25) is 0 Å². The zero-order valence-corrected chi connectivity index (χ0v) is 16.2. The molecule has 0 unspecified atom stereocenters. The average Bonchev–Trinajstić information content (AvgIpc) is 2.94. The van der Waals surface area contributed by atoms with Crippen molar-refractivity contribution in [3.63, 3.8) is 0 Å². The molecule has 2 N–H and O–H groups in total. The van der Waals surface area contributed by atoms with E-state index in [0.717, 1.165) is 11.3 Å². The molecule has 1 aromatic heterocycles. The molecule has 4 rings (SSSR count). The quantitative estimate of drug-likeness (QED) is 0.837. The second-order valence-corrected chi connectivity index (χ2v) is 7.52. The van der Waals surface area contributed by atoms with Crippen LogP contribution in [0.15, 0.2) is 30.6 Å². The first kappa shape index (κ1) is 18.9. The van der Waals surface area contributed by atoms with Gasteiger partial charge in [-0.25, -0.2) is 0 Å². The topological polar surface area (TPSA) is 59.0 Å². The lowest BCUT2D eigenvalue weighted by atomic mass is 10.0. The van der Waals surface area contributed by atoms with Gasteiger partial charge < -0.3 is 10.6 Å². The molecule has 0 saturated heterocycles. The maximum atomic E-state index is 12.5. The molecule has 2 aliphatic rings. The Bertz CT molecular complexity index is 782. The summed E-state index contributed by atoms with van der Waals surface area (Å²) in [5.41, 5.74) is 4.03. The molecule has 6 heteroatoms. The Morgan fingerprint density at radius 3 is 2.73 bits per heavy atom. The van der Waals surface area contributed by atoms with E-state index >= 15 is 0 Å². The Labute approximate surface area is 161 Å². The number of nitrogens with zero attached hydrogens (tertiary/aromatic N) is 2. The van der Waals surface area contributed by atoms with Gasteiger partial charge in [0.05, 0.1) is 11.9 Å². The van der Waals surface area contributed by atoms with Gasteiger partial charge >= 0.3 is 0 Å². The van der Waals surface area contributed by atoms with Gasteiger partial charge in [0.15, 0.2) is 0 Å². The van der Waals surface area contributed by atoms with Crippen LogP contribution in [0.1, 0.15) is 59.5 Å². The number of aryl methyl sites for hydroxylation is 2. The lowest BCUT2D eigenvalue weighted by Gasteiger charge is -2.13. The van der Waals surface area contributed by atoms with Gasteiger partial charge in [0.25, 0.3) is 5.91 Å². The van der Waals surface area contributed by atoms with Crippen molar-refractivity contribution in [3.05, 3.63) is 47.3 Å². The summed E-state index contributed by atoms with van der Waals surface area (Å²) in [5, 5.41) is 10.8. The summed E-state index contributed by atoms with van der Waals surface area (Å²) >= 11 is 0. The van der Waals surface area contributed by atoms with Crippen LogP contribution in [0.2, 0.25) is 0 Å². The van der Waals surface area contributed by atoms with Crippen molar-refractivity contribution in [1.29, 1.82) is 0 Å². The fourth-order valence-electron chi connectivity index (χ4n) is 3.99. The summed E-state index contributed by atoms with van der Waals surface area (Å²) in [7, 11) is 1.84. The monoisotopic (exact) mass is 374 g/mol. The first-order valence-electron chi connectivity index (χ1n) is 9.27. The van der Waals surface area contributed by atoms with Crippen LogP contribution >= 0.6 is 12.4 Å². The normalized spacial score (nSPS) is 22.1. The Hall–Kier alpha value is -1.85. The summed E-state index contributed by atoms with van der Waals surface area (Å²) < 4.78 is 1.68. The Morgan fingerprint density at radius 2 is 2.04 bits per heavy atom. The Balaban J connectivity index is 0.00000196. The highest BCUT2D eigenvalue weighted by Crippen LogP contribution is 2.43. The molecule has 2 aliphatic carbocycles. The van der Waals surface area contributed by atoms with Crippen LogP contribution in [-0.2, 0) is 7.05 Å². The molecule has 0 radical (unpaired) electrons. The average molecular weight is 375 g/mol. The van der Waals surface area contributed by atoms with E-state index in [1.807, 2.05) is 13.1 Å². The number of carbonyl (C=O) groups is 1. The van der Waals surface area contributed by atoms with Crippen molar-refractivity contribution in [2.45, 2.75) is 57.0 Å². The van der Waals surface area contributed by atoms with E-state index in [0.29, 0.717) is 18.0 Å². The van der Waals surface area contributed by atoms with Crippen LogP contribution in [0, 0.1) is 6.92 Å². The van der Waals surface area contributed by atoms with Crippen LogP contribution in [-0.4, -0.2) is 27.8 Å². The molecule has 2 aromatic rings. The Morgan fingerprint density at radius 1 is 1.27 bits per heavy atom. The molecule has 2 atom stereocenters. The fourth-order valence-corrected chi connectivity index (χ4v) is 3.99. The molecular weight excluding hydrogens is 348 g/mol. The van der Waals surface area contributed by atoms with Gasteiger partial charge in [-0.2, -0.15) is 5.10 Å². The SMILES string of the molecule is Cc1ccc(C(=O)Nc2cnn(C)c2)cc1[C@@H]1C[C@H]1NC1CCCC1.Cl. The second kappa shape index (κ2) is 7.80. The van der Waals surface area contributed by atoms with Crippen LogP contribution < -0.4 is 10.6 Å². The number of benzene rings is 1. The van der Waals surface area contributed by atoms with Crippen molar-refractivity contribution in [1.82, 2.24) is 15.1 Å². The number of aromatic nitrogens is 2. The first-order chi connectivity index (χ1) is 12.1. The lowest BCUT2D eigenvalue weighted by Crippen LogP contribution is -2.29. The number of carbonyl (C=O) groups excluding carboxylic acids is 1. The predicted molar refractivity (Wildman–Crippen MR) is 106 cm³/mol. The molecule has 1 amide bonds. The van der Waals surface area contributed by atoms with E-state index in [1.165, 1.54) is 43.2 Å². The third-order valence-corrected chi connectivity index (χ3v) is 5.50. The van der Waals surface area contributed by atoms with Gasteiger partial charge in [-0.15, -0.1) is 12.4 Å². The molecule has 0 aliphatic heterocycles. The minimum absolute atomic E-state index is 0. The summed E-state index contributed by atoms with van der Waals surface area (Å²) in [6.45, 7) is 2.14. The molecular formula is C20H27ClN4O. The second-order valence-electron chi connectivity index (χ2n) is 7.52. The van der Waals surface area contributed by atoms with Gasteiger partial charge in [-0.05, 0) is 49.4 Å². The number of hydrogen-bond acceptors (Lipinski definition) is 3. The molecule has 1 heterocycles. The largest absolute Gasteiger partial charge is 0.319 e. The van der Waals surface area contributed by atoms with Crippen LogP contribution in [0.5, 0.6) is 0 Å². The molecule has 2 fully saturated rings. The molecule has 0 bridgehead atoms. The highest BCUT2D eigenvalue weighted by Gasteiger charge is 2.40. The lowest BCUT2D eigenvalue weighted by molar-refractivity contribution is 0.102. The summed E-state index contributed by atoms with van der Waals surface area (Å²) in [6, 6.07) is 7.33. The zero-order valence-electron chi connectivity index (χ0n) is 15.4. The molecule has 1 aromatic carbocycles. The molecule has 140 valence electrons. The predicted octanol–water partition coefficient (Wildman–Crippen LogP) is 3.79. The van der Waals surface area contributed by atoms with Crippen molar-refractivity contribution in [2.75, 3.05) is 5.32 Å². The summed E-state index contributed by atoms with van der Waals surface area (Å²) in [4.78, 5) is 12.5. The third-order valence-electron chi connectivity index (χ3n) is 5.50. The molecule has 0 spiro atoms. The number of hydrogen-bond donors (Lipinski definition) is 2. The zero-order chi connectivity index (χ0) is 17.4. The van der Waals surface area contributed by atoms with E-state index in [2.05, 4.69) is 34.8 Å². The van der Waals surface area contributed by atoms with Gasteiger partial charge in [0.1, 0.15) is 0 Å². The van der Waals surface area contributed by atoms with E-state index < -0.39 is 0 Å². The van der Waals surface area contributed by atoms with Gasteiger partial charge in [0, 0.05) is 36.8 Å². The van der Waals surface area contributed by atoms with Gasteiger partial charge in [-0.1, -0.05) is 18.9 Å². The first-order valence-corrected chi connectivity index (χ1v) is 9.27. The minimum Gasteiger partial charge on any atom is -0.319 e. The van der Waals surface area contributed by atoms with Crippen LogP contribution in [0.25, 0.3) is 0 Å². The maximum absolute atomic E-state index is 12.5. The Kier molecular flexibility index (Phi) is 5.68. The van der Waals surface area contributed by atoms with Crippen molar-refractivity contribution in [3.8, 4) is 0 Å². The molecule has 2 saturated carbocycles. The molecule has 5 nitrogen and oxygen atoms in total. The van der Waals surface area contributed by atoms with E-state index in [-0.39, 0.29) is 18.3 Å². The maximum Gasteiger partial charge on any atom is 0.255 e. The standard InChI is InChI=1S/C20H26N4O.ClH/c1-13-7-8-14(20(25)23-16-11-21-24(2)12-16)9-17(13)18-10-19(18)22-15-5-3-4-6-15;/h7-9,11-12,15,18-19,22H,3-6,10H2,1-2H3,(H,23,25);1H/t18-,19+;/m0./s1. The van der Waals surface area contributed by atoms with Crippen LogP contribution in [0.4, 0.5) is 5.69 Å². The smallest absolute Gasteiger partial charge is 0.255 e. The summed E-state index contributed by atoms with van der Waals surface area (Å²) in [6.07, 6.45) is 10.00. The minimum atomic E-state index is -0.0739. The number of halogens is 1. The third kappa shape index (κ3) is 4.10. The van der Waals surface area contributed by atoms with Crippen molar-refractivity contribution in [2.24, 2.45) is 7.05 Å². The van der Waals surface area contributed by atoms with E-state index in [1.54, 1.807) is 17.1 Å². The number of rotatable bonds is 5. The van der Waals surface area contributed by atoms with Crippen molar-refractivity contribution >= 4 is 24.0 Å². The molecule has 26 heavy (non-hydrogen) atoms. The highest BCUT2D eigenvalue weighted by atomic mass is 35.5. The number of amides is 1. The van der Waals surface area contributed by atoms with E-state index in [4.69, 9.17) is 0 Å². The van der Waals surface area contributed by atoms with Crippen LogP contribution in [0.3, 0.4) is 0 Å². The summed E-state index contributed by atoms with van der Waals surface area (Å²) in [5.74, 6) is 0.474. The number of anilines is 1.